The van der Waals surface area contributed by atoms with Gasteiger partial charge in [0.1, 0.15) is 12.4 Å². The SMILES string of the molecule is O=C(O)c1ccc(N(CCC2CCCCC2)c2nc(-c3cc(Cl)ccc3OCc3ccccc3)cs2)cc1. The molecule has 0 bridgehead atoms. The van der Waals surface area contributed by atoms with Gasteiger partial charge in [0.25, 0.3) is 0 Å². The van der Waals surface area contributed by atoms with Gasteiger partial charge in [-0.15, -0.1) is 11.3 Å². The van der Waals surface area contributed by atoms with E-state index in [2.05, 4.69) is 4.90 Å². The molecule has 4 aromatic rings. The second-order valence-corrected chi connectivity index (χ2v) is 11.0. The molecule has 5 nitrogen and oxygen atoms in total. The molecule has 0 unspecified atom stereocenters. The summed E-state index contributed by atoms with van der Waals surface area (Å²) in [7, 11) is 0. The summed E-state index contributed by atoms with van der Waals surface area (Å²) in [6, 6.07) is 22.8. The summed E-state index contributed by atoms with van der Waals surface area (Å²) in [5.41, 5.74) is 3.97. The van der Waals surface area contributed by atoms with Crippen LogP contribution in [0.2, 0.25) is 5.02 Å². The number of hydrogen-bond donors (Lipinski definition) is 1. The number of rotatable bonds is 10. The molecule has 1 fully saturated rings. The summed E-state index contributed by atoms with van der Waals surface area (Å²) >= 11 is 7.96. The van der Waals surface area contributed by atoms with Gasteiger partial charge in [-0.2, -0.15) is 0 Å². The molecule has 0 aliphatic heterocycles. The molecule has 1 aromatic heterocycles. The van der Waals surface area contributed by atoms with E-state index in [4.69, 9.17) is 21.3 Å². The molecule has 196 valence electrons. The molecule has 1 heterocycles. The van der Waals surface area contributed by atoms with Crippen molar-refractivity contribution in [2.24, 2.45) is 5.92 Å². The minimum Gasteiger partial charge on any atom is -0.488 e. The fourth-order valence-electron chi connectivity index (χ4n) is 4.98. The van der Waals surface area contributed by atoms with Gasteiger partial charge in [0.05, 0.1) is 11.3 Å². The Morgan fingerprint density at radius 3 is 2.53 bits per heavy atom. The highest BCUT2D eigenvalue weighted by Gasteiger charge is 2.20. The monoisotopic (exact) mass is 546 g/mol. The molecule has 0 amide bonds. The molecule has 0 saturated heterocycles. The van der Waals surface area contributed by atoms with E-state index in [1.165, 1.54) is 32.1 Å². The third-order valence-corrected chi connectivity index (χ3v) is 8.19. The lowest BCUT2D eigenvalue weighted by atomic mass is 9.87. The Bertz CT molecular complexity index is 1350. The average molecular weight is 547 g/mol. The summed E-state index contributed by atoms with van der Waals surface area (Å²) in [4.78, 5) is 18.6. The molecule has 7 heteroatoms. The van der Waals surface area contributed by atoms with Crippen molar-refractivity contribution in [3.63, 3.8) is 0 Å². The molecule has 38 heavy (non-hydrogen) atoms. The van der Waals surface area contributed by atoms with Crippen molar-refractivity contribution in [3.8, 4) is 17.0 Å². The van der Waals surface area contributed by atoms with Gasteiger partial charge in [0.2, 0.25) is 0 Å². The lowest BCUT2D eigenvalue weighted by molar-refractivity contribution is 0.0697. The lowest BCUT2D eigenvalue weighted by Crippen LogP contribution is -2.22. The van der Waals surface area contributed by atoms with E-state index >= 15 is 0 Å². The summed E-state index contributed by atoms with van der Waals surface area (Å²) < 4.78 is 6.19. The van der Waals surface area contributed by atoms with E-state index in [0.717, 1.165) is 52.3 Å². The number of ether oxygens (including phenoxy) is 1. The van der Waals surface area contributed by atoms with E-state index in [1.807, 2.05) is 66.0 Å². The number of hydrogen-bond acceptors (Lipinski definition) is 5. The topological polar surface area (TPSA) is 62.7 Å². The van der Waals surface area contributed by atoms with Crippen LogP contribution >= 0.6 is 22.9 Å². The Morgan fingerprint density at radius 1 is 1.03 bits per heavy atom. The molecule has 3 aromatic carbocycles. The Morgan fingerprint density at radius 2 is 1.79 bits per heavy atom. The van der Waals surface area contributed by atoms with Crippen LogP contribution in [-0.4, -0.2) is 22.6 Å². The highest BCUT2D eigenvalue weighted by Crippen LogP contribution is 2.38. The summed E-state index contributed by atoms with van der Waals surface area (Å²) in [6.45, 7) is 1.28. The van der Waals surface area contributed by atoms with Crippen molar-refractivity contribution in [1.29, 1.82) is 0 Å². The predicted molar refractivity (Wildman–Crippen MR) is 155 cm³/mol. The van der Waals surface area contributed by atoms with Crippen LogP contribution < -0.4 is 9.64 Å². The minimum atomic E-state index is -0.925. The Labute approximate surface area is 232 Å². The first-order valence-corrected chi connectivity index (χ1v) is 14.4. The molecule has 0 spiro atoms. The van der Waals surface area contributed by atoms with Crippen molar-refractivity contribution in [2.45, 2.75) is 45.1 Å². The fourth-order valence-corrected chi connectivity index (χ4v) is 6.03. The van der Waals surface area contributed by atoms with Gasteiger partial charge in [-0.05, 0) is 60.4 Å². The number of aromatic nitrogens is 1. The molecule has 1 N–H and O–H groups in total. The maximum atomic E-state index is 11.4. The minimum absolute atomic E-state index is 0.278. The zero-order valence-corrected chi connectivity index (χ0v) is 22.8. The van der Waals surface area contributed by atoms with Gasteiger partial charge in [-0.3, -0.25) is 0 Å². The smallest absolute Gasteiger partial charge is 0.335 e. The first kappa shape index (κ1) is 26.3. The van der Waals surface area contributed by atoms with E-state index in [9.17, 15) is 9.90 Å². The third kappa shape index (κ3) is 6.55. The highest BCUT2D eigenvalue weighted by molar-refractivity contribution is 7.14. The Hall–Kier alpha value is -3.35. The van der Waals surface area contributed by atoms with Crippen LogP contribution in [-0.2, 0) is 6.61 Å². The van der Waals surface area contributed by atoms with Crippen LogP contribution in [0.4, 0.5) is 10.8 Å². The van der Waals surface area contributed by atoms with Crippen molar-refractivity contribution >= 4 is 39.7 Å². The number of nitrogens with zero attached hydrogens (tertiary/aromatic N) is 2. The molecule has 1 saturated carbocycles. The lowest BCUT2D eigenvalue weighted by Gasteiger charge is -2.27. The average Bonchev–Trinajstić information content (AvgIpc) is 3.44. The number of benzene rings is 3. The first-order chi connectivity index (χ1) is 18.6. The summed E-state index contributed by atoms with van der Waals surface area (Å²) in [5, 5.41) is 12.9. The quantitative estimate of drug-likeness (QED) is 0.215. The number of carboxylic acid groups (broad SMARTS) is 1. The van der Waals surface area contributed by atoms with Crippen LogP contribution in [0.5, 0.6) is 5.75 Å². The molecule has 0 radical (unpaired) electrons. The first-order valence-electron chi connectivity index (χ1n) is 13.1. The van der Waals surface area contributed by atoms with Gasteiger partial charge in [0, 0.05) is 28.2 Å². The van der Waals surface area contributed by atoms with Crippen LogP contribution in [0, 0.1) is 5.92 Å². The van der Waals surface area contributed by atoms with Crippen LogP contribution in [0.1, 0.15) is 54.4 Å². The fraction of sp³-hybridized carbons (Fsp3) is 0.290. The van der Waals surface area contributed by atoms with Crippen molar-refractivity contribution < 1.29 is 14.6 Å². The van der Waals surface area contributed by atoms with E-state index < -0.39 is 5.97 Å². The predicted octanol–water partition coefficient (Wildman–Crippen LogP) is 8.85. The Balaban J connectivity index is 1.41. The number of carboxylic acids is 1. The normalized spacial score (nSPS) is 13.8. The Kier molecular flexibility index (Phi) is 8.61. The summed E-state index contributed by atoms with van der Waals surface area (Å²) in [5.74, 6) is 0.524. The number of thiazole rings is 1. The molecule has 1 aliphatic rings. The van der Waals surface area contributed by atoms with Crippen LogP contribution in [0.25, 0.3) is 11.3 Å². The highest BCUT2D eigenvalue weighted by atomic mass is 35.5. The van der Waals surface area contributed by atoms with Crippen LogP contribution in [0.3, 0.4) is 0 Å². The number of carbonyl (C=O) groups is 1. The van der Waals surface area contributed by atoms with Gasteiger partial charge in [0.15, 0.2) is 5.13 Å². The van der Waals surface area contributed by atoms with Gasteiger partial charge in [-0.25, -0.2) is 9.78 Å². The molecule has 5 rings (SSSR count). The van der Waals surface area contributed by atoms with E-state index in [-0.39, 0.29) is 5.56 Å². The molecular weight excluding hydrogens is 516 g/mol. The largest absolute Gasteiger partial charge is 0.488 e. The van der Waals surface area contributed by atoms with E-state index in [1.54, 1.807) is 23.5 Å². The second-order valence-electron chi connectivity index (χ2n) is 9.73. The van der Waals surface area contributed by atoms with Crippen molar-refractivity contribution in [1.82, 2.24) is 4.98 Å². The van der Waals surface area contributed by atoms with Crippen molar-refractivity contribution in [3.05, 3.63) is 94.3 Å². The molecule has 1 aliphatic carbocycles. The van der Waals surface area contributed by atoms with Gasteiger partial charge < -0.3 is 14.7 Å². The number of aromatic carboxylic acids is 1. The summed E-state index contributed by atoms with van der Waals surface area (Å²) in [6.07, 6.45) is 7.58. The molecule has 0 atom stereocenters. The molecular formula is C31H31ClN2O3S. The number of anilines is 2. The standard InChI is InChI=1S/C31H31ClN2O3S/c32-25-13-16-29(37-20-23-9-5-2-6-10-23)27(19-25)28-21-38-31(33-28)34(18-17-22-7-3-1-4-8-22)26-14-11-24(12-15-26)30(35)36/h2,5-6,9-16,19,21-22H,1,3-4,7-8,17-18,20H2,(H,35,36). The van der Waals surface area contributed by atoms with E-state index in [0.29, 0.717) is 11.6 Å². The maximum absolute atomic E-state index is 11.4. The zero-order valence-electron chi connectivity index (χ0n) is 21.2. The van der Waals surface area contributed by atoms with Gasteiger partial charge >= 0.3 is 5.97 Å². The zero-order chi connectivity index (χ0) is 26.3. The second kappa shape index (κ2) is 12.5. The third-order valence-electron chi connectivity index (χ3n) is 7.09. The number of halogens is 1. The van der Waals surface area contributed by atoms with Crippen molar-refractivity contribution in [2.75, 3.05) is 11.4 Å². The van der Waals surface area contributed by atoms with Gasteiger partial charge in [-0.1, -0.05) is 74.0 Å². The van der Waals surface area contributed by atoms with Crippen LogP contribution in [0.15, 0.2) is 78.2 Å². The maximum Gasteiger partial charge on any atom is 0.335 e.